The zero-order chi connectivity index (χ0) is 16.6. The monoisotopic (exact) mass is 348 g/mol. The van der Waals surface area contributed by atoms with E-state index in [2.05, 4.69) is 4.72 Å². The fraction of sp³-hybridized carbons (Fsp3) is 0.571. The SMILES string of the molecule is CCCCCN(CCNS(=O)(=O)c1ccccc1)S(C)(=O)=O. The summed E-state index contributed by atoms with van der Waals surface area (Å²) in [7, 11) is -6.93. The molecule has 0 saturated carbocycles. The van der Waals surface area contributed by atoms with Gasteiger partial charge in [-0.3, -0.25) is 0 Å². The second-order valence-corrected chi connectivity index (χ2v) is 8.83. The number of unbranched alkanes of at least 4 members (excludes halogenated alkanes) is 2. The largest absolute Gasteiger partial charge is 0.240 e. The highest BCUT2D eigenvalue weighted by Gasteiger charge is 2.18. The number of nitrogens with zero attached hydrogens (tertiary/aromatic N) is 1. The van der Waals surface area contributed by atoms with Gasteiger partial charge in [0, 0.05) is 19.6 Å². The highest BCUT2D eigenvalue weighted by molar-refractivity contribution is 7.89. The van der Waals surface area contributed by atoms with Crippen LogP contribution in [0.5, 0.6) is 0 Å². The Bertz CT molecular complexity index is 643. The molecule has 0 fully saturated rings. The fourth-order valence-corrected chi connectivity index (χ4v) is 3.90. The van der Waals surface area contributed by atoms with Gasteiger partial charge < -0.3 is 0 Å². The van der Waals surface area contributed by atoms with Gasteiger partial charge >= 0.3 is 0 Å². The second-order valence-electron chi connectivity index (χ2n) is 5.08. The quantitative estimate of drug-likeness (QED) is 0.648. The van der Waals surface area contributed by atoms with Crippen molar-refractivity contribution in [2.45, 2.75) is 31.1 Å². The zero-order valence-corrected chi connectivity index (χ0v) is 14.7. The smallest absolute Gasteiger partial charge is 0.213 e. The lowest BCUT2D eigenvalue weighted by molar-refractivity contribution is 0.405. The molecule has 0 radical (unpaired) electrons. The Morgan fingerprint density at radius 3 is 2.18 bits per heavy atom. The van der Waals surface area contributed by atoms with Crippen molar-refractivity contribution < 1.29 is 16.8 Å². The van der Waals surface area contributed by atoms with E-state index in [1.165, 1.54) is 16.4 Å². The van der Waals surface area contributed by atoms with E-state index in [1.807, 2.05) is 6.92 Å². The van der Waals surface area contributed by atoms with E-state index in [0.717, 1.165) is 25.5 Å². The van der Waals surface area contributed by atoms with Gasteiger partial charge in [-0.15, -0.1) is 0 Å². The topological polar surface area (TPSA) is 83.6 Å². The second kappa shape index (κ2) is 8.61. The average molecular weight is 348 g/mol. The van der Waals surface area contributed by atoms with Gasteiger partial charge in [-0.25, -0.2) is 25.9 Å². The van der Waals surface area contributed by atoms with Crippen molar-refractivity contribution in [3.8, 4) is 0 Å². The maximum absolute atomic E-state index is 12.0. The Balaban J connectivity index is 2.59. The number of sulfonamides is 2. The summed E-state index contributed by atoms with van der Waals surface area (Å²) in [4.78, 5) is 0.173. The molecule has 0 aliphatic heterocycles. The Hall–Kier alpha value is -0.960. The number of nitrogens with one attached hydrogen (secondary N) is 1. The summed E-state index contributed by atoms with van der Waals surface area (Å²) < 4.78 is 51.2. The molecule has 0 aromatic heterocycles. The minimum Gasteiger partial charge on any atom is -0.213 e. The van der Waals surface area contributed by atoms with Crippen molar-refractivity contribution in [3.63, 3.8) is 0 Å². The van der Waals surface area contributed by atoms with Crippen molar-refractivity contribution >= 4 is 20.0 Å². The van der Waals surface area contributed by atoms with Crippen molar-refractivity contribution in [2.24, 2.45) is 0 Å². The van der Waals surface area contributed by atoms with Crippen LogP contribution < -0.4 is 4.72 Å². The third-order valence-electron chi connectivity index (χ3n) is 3.19. The normalized spacial score (nSPS) is 12.7. The molecule has 1 aromatic carbocycles. The van der Waals surface area contributed by atoms with Crippen LogP contribution in [0.25, 0.3) is 0 Å². The molecule has 0 amide bonds. The molecule has 126 valence electrons. The summed E-state index contributed by atoms with van der Waals surface area (Å²) in [6.45, 7) is 2.64. The summed E-state index contributed by atoms with van der Waals surface area (Å²) in [6, 6.07) is 8.01. The highest BCUT2D eigenvalue weighted by atomic mass is 32.2. The molecule has 6 nitrogen and oxygen atoms in total. The van der Waals surface area contributed by atoms with Gasteiger partial charge in [-0.05, 0) is 18.6 Å². The first kappa shape index (κ1) is 19.1. The Morgan fingerprint density at radius 1 is 1.00 bits per heavy atom. The molecule has 0 unspecified atom stereocenters. The first-order chi connectivity index (χ1) is 10.3. The number of hydrogen-bond acceptors (Lipinski definition) is 4. The minimum absolute atomic E-state index is 0.0520. The lowest BCUT2D eigenvalue weighted by Crippen LogP contribution is -2.38. The van der Waals surface area contributed by atoms with Gasteiger partial charge in [0.05, 0.1) is 11.2 Å². The molecular formula is C14H24N2O4S2. The van der Waals surface area contributed by atoms with E-state index in [1.54, 1.807) is 18.2 Å². The van der Waals surface area contributed by atoms with Crippen LogP contribution in [0.15, 0.2) is 35.2 Å². The average Bonchev–Trinajstić information content (AvgIpc) is 2.45. The summed E-state index contributed by atoms with van der Waals surface area (Å²) >= 11 is 0. The van der Waals surface area contributed by atoms with Crippen LogP contribution in [0, 0.1) is 0 Å². The molecular weight excluding hydrogens is 324 g/mol. The standard InChI is InChI=1S/C14H24N2O4S2/c1-3-4-8-12-16(21(2,17)18)13-11-15-22(19,20)14-9-6-5-7-10-14/h5-7,9-10,15H,3-4,8,11-13H2,1-2H3. The lowest BCUT2D eigenvalue weighted by Gasteiger charge is -2.20. The van der Waals surface area contributed by atoms with E-state index >= 15 is 0 Å². The third-order valence-corrected chi connectivity index (χ3v) is 5.97. The molecule has 0 bridgehead atoms. The Kier molecular flexibility index (Phi) is 7.47. The van der Waals surface area contributed by atoms with Crippen LogP contribution in [-0.4, -0.2) is 47.0 Å². The first-order valence-electron chi connectivity index (χ1n) is 7.27. The molecule has 0 saturated heterocycles. The molecule has 0 atom stereocenters. The van der Waals surface area contributed by atoms with E-state index in [-0.39, 0.29) is 18.0 Å². The van der Waals surface area contributed by atoms with Crippen LogP contribution >= 0.6 is 0 Å². The Labute approximate surface area is 133 Å². The third kappa shape index (κ3) is 6.43. The van der Waals surface area contributed by atoms with Crippen molar-refractivity contribution in [1.82, 2.24) is 9.03 Å². The predicted octanol–water partition coefficient (Wildman–Crippen LogP) is 1.42. The van der Waals surface area contributed by atoms with Gasteiger partial charge in [0.1, 0.15) is 0 Å². The van der Waals surface area contributed by atoms with Crippen molar-refractivity contribution in [2.75, 3.05) is 25.9 Å². The molecule has 0 heterocycles. The van der Waals surface area contributed by atoms with Gasteiger partial charge in [0.2, 0.25) is 20.0 Å². The number of benzene rings is 1. The molecule has 1 N–H and O–H groups in total. The molecule has 1 aromatic rings. The number of hydrogen-bond donors (Lipinski definition) is 1. The highest BCUT2D eigenvalue weighted by Crippen LogP contribution is 2.07. The van der Waals surface area contributed by atoms with Gasteiger partial charge in [-0.2, -0.15) is 0 Å². The van der Waals surface area contributed by atoms with Gasteiger partial charge in [0.15, 0.2) is 0 Å². The van der Waals surface area contributed by atoms with Crippen LogP contribution in [-0.2, 0) is 20.0 Å². The minimum atomic E-state index is -3.60. The number of rotatable bonds is 10. The molecule has 8 heteroatoms. The molecule has 1 rings (SSSR count). The van der Waals surface area contributed by atoms with Crippen LogP contribution in [0.1, 0.15) is 26.2 Å². The van der Waals surface area contributed by atoms with E-state index in [0.29, 0.717) is 6.54 Å². The zero-order valence-electron chi connectivity index (χ0n) is 13.0. The lowest BCUT2D eigenvalue weighted by atomic mass is 10.2. The Morgan fingerprint density at radius 2 is 1.64 bits per heavy atom. The maximum atomic E-state index is 12.0. The predicted molar refractivity (Wildman–Crippen MR) is 87.6 cm³/mol. The van der Waals surface area contributed by atoms with Crippen LogP contribution in [0.3, 0.4) is 0 Å². The van der Waals surface area contributed by atoms with Crippen LogP contribution in [0.2, 0.25) is 0 Å². The molecule has 0 aliphatic rings. The van der Waals surface area contributed by atoms with Gasteiger partial charge in [-0.1, -0.05) is 38.0 Å². The molecule has 0 spiro atoms. The summed E-state index contributed by atoms with van der Waals surface area (Å²) in [5.74, 6) is 0. The van der Waals surface area contributed by atoms with E-state index < -0.39 is 20.0 Å². The van der Waals surface area contributed by atoms with Crippen molar-refractivity contribution in [1.29, 1.82) is 0 Å². The van der Waals surface area contributed by atoms with E-state index in [9.17, 15) is 16.8 Å². The van der Waals surface area contributed by atoms with Gasteiger partial charge in [0.25, 0.3) is 0 Å². The van der Waals surface area contributed by atoms with Crippen molar-refractivity contribution in [3.05, 3.63) is 30.3 Å². The summed E-state index contributed by atoms with van der Waals surface area (Å²) in [5.41, 5.74) is 0. The first-order valence-corrected chi connectivity index (χ1v) is 10.6. The molecule has 22 heavy (non-hydrogen) atoms. The summed E-state index contributed by atoms with van der Waals surface area (Å²) in [5, 5.41) is 0. The molecule has 0 aliphatic carbocycles. The fourth-order valence-electron chi connectivity index (χ4n) is 1.97. The summed E-state index contributed by atoms with van der Waals surface area (Å²) in [6.07, 6.45) is 3.86. The van der Waals surface area contributed by atoms with Crippen LogP contribution in [0.4, 0.5) is 0 Å². The maximum Gasteiger partial charge on any atom is 0.240 e. The van der Waals surface area contributed by atoms with E-state index in [4.69, 9.17) is 0 Å².